The number of hydrogen-bond acceptors (Lipinski definition) is 6. The van der Waals surface area contributed by atoms with Gasteiger partial charge in [0.2, 0.25) is 15.9 Å². The first-order chi connectivity index (χ1) is 16.8. The number of aromatic nitrogens is 2. The lowest BCUT2D eigenvalue weighted by Crippen LogP contribution is -2.47. The predicted octanol–water partition coefficient (Wildman–Crippen LogP) is 4.69. The fourth-order valence-corrected chi connectivity index (χ4v) is 7.10. The van der Waals surface area contributed by atoms with E-state index in [1.54, 1.807) is 41.6 Å². The van der Waals surface area contributed by atoms with Gasteiger partial charge in [0, 0.05) is 18.9 Å². The van der Waals surface area contributed by atoms with Crippen LogP contribution in [-0.2, 0) is 21.4 Å². The molecular formula is C26H26N4O3S2. The van der Waals surface area contributed by atoms with Gasteiger partial charge in [-0.3, -0.25) is 14.7 Å². The highest BCUT2D eigenvalue weighted by Crippen LogP contribution is 2.34. The van der Waals surface area contributed by atoms with Gasteiger partial charge in [-0.15, -0.1) is 0 Å². The molecule has 0 spiro atoms. The molecule has 0 radical (unpaired) electrons. The molecule has 0 N–H and O–H groups in total. The quantitative estimate of drug-likeness (QED) is 0.379. The van der Waals surface area contributed by atoms with Crippen molar-refractivity contribution in [1.82, 2.24) is 14.3 Å². The molecule has 0 saturated carbocycles. The summed E-state index contributed by atoms with van der Waals surface area (Å²) < 4.78 is 29.3. The molecule has 1 unspecified atom stereocenters. The Hall–Kier alpha value is -3.14. The van der Waals surface area contributed by atoms with Gasteiger partial charge >= 0.3 is 0 Å². The Morgan fingerprint density at radius 1 is 1.11 bits per heavy atom. The number of rotatable bonds is 6. The minimum absolute atomic E-state index is 0.206. The van der Waals surface area contributed by atoms with Crippen LogP contribution in [0.3, 0.4) is 0 Å². The van der Waals surface area contributed by atoms with Crippen LogP contribution in [0.25, 0.3) is 10.2 Å². The number of hydrogen-bond donors (Lipinski definition) is 0. The van der Waals surface area contributed by atoms with Crippen molar-refractivity contribution in [2.24, 2.45) is 0 Å². The molecule has 5 rings (SSSR count). The molecule has 4 aromatic rings. The van der Waals surface area contributed by atoms with E-state index in [0.717, 1.165) is 26.9 Å². The number of thiazole rings is 1. The van der Waals surface area contributed by atoms with Crippen LogP contribution >= 0.6 is 11.3 Å². The molecule has 2 aromatic carbocycles. The molecule has 7 nitrogen and oxygen atoms in total. The van der Waals surface area contributed by atoms with Crippen LogP contribution in [0.1, 0.15) is 29.5 Å². The average molecular weight is 507 g/mol. The number of nitrogens with zero attached hydrogens (tertiary/aromatic N) is 4. The molecule has 1 aliphatic heterocycles. The molecule has 9 heteroatoms. The van der Waals surface area contributed by atoms with E-state index in [9.17, 15) is 13.2 Å². The summed E-state index contributed by atoms with van der Waals surface area (Å²) >= 11 is 1.44. The van der Waals surface area contributed by atoms with E-state index in [4.69, 9.17) is 4.98 Å². The third-order valence-corrected chi connectivity index (χ3v) is 9.25. The van der Waals surface area contributed by atoms with Gasteiger partial charge in [-0.25, -0.2) is 13.4 Å². The highest BCUT2D eigenvalue weighted by Gasteiger charge is 2.42. The zero-order valence-electron chi connectivity index (χ0n) is 19.6. The first-order valence-corrected chi connectivity index (χ1v) is 13.8. The molecule has 2 aromatic heterocycles. The second-order valence-corrected chi connectivity index (χ2v) is 11.7. The van der Waals surface area contributed by atoms with E-state index in [1.807, 2.05) is 44.2 Å². The van der Waals surface area contributed by atoms with Gasteiger partial charge in [0.05, 0.1) is 21.7 Å². The van der Waals surface area contributed by atoms with Gasteiger partial charge in [-0.1, -0.05) is 47.2 Å². The summed E-state index contributed by atoms with van der Waals surface area (Å²) in [4.78, 5) is 24.8. The van der Waals surface area contributed by atoms with E-state index in [2.05, 4.69) is 4.98 Å². The summed E-state index contributed by atoms with van der Waals surface area (Å²) in [6, 6.07) is 15.7. The number of aryl methyl sites for hydroxylation is 2. The number of benzene rings is 2. The van der Waals surface area contributed by atoms with Crippen LogP contribution in [0, 0.1) is 13.8 Å². The Kier molecular flexibility index (Phi) is 6.39. The Labute approximate surface area is 209 Å². The van der Waals surface area contributed by atoms with Crippen molar-refractivity contribution in [3.63, 3.8) is 0 Å². The second kappa shape index (κ2) is 9.49. The van der Waals surface area contributed by atoms with Crippen LogP contribution in [-0.4, -0.2) is 41.2 Å². The summed E-state index contributed by atoms with van der Waals surface area (Å²) in [5.74, 6) is -0.265. The Balaban J connectivity index is 1.53. The van der Waals surface area contributed by atoms with Gasteiger partial charge < -0.3 is 0 Å². The molecular weight excluding hydrogens is 480 g/mol. The van der Waals surface area contributed by atoms with E-state index in [1.165, 1.54) is 15.6 Å². The number of sulfonamides is 1. The maximum Gasteiger partial charge on any atom is 0.247 e. The monoisotopic (exact) mass is 506 g/mol. The topological polar surface area (TPSA) is 83.5 Å². The van der Waals surface area contributed by atoms with Crippen LogP contribution in [0.4, 0.5) is 5.13 Å². The molecule has 0 aliphatic carbocycles. The summed E-state index contributed by atoms with van der Waals surface area (Å²) in [7, 11) is -3.81. The van der Waals surface area contributed by atoms with Crippen molar-refractivity contribution in [2.45, 2.75) is 44.2 Å². The maximum absolute atomic E-state index is 14.0. The molecule has 1 aliphatic rings. The lowest BCUT2D eigenvalue weighted by Gasteiger charge is -2.28. The maximum atomic E-state index is 14.0. The predicted molar refractivity (Wildman–Crippen MR) is 138 cm³/mol. The highest BCUT2D eigenvalue weighted by molar-refractivity contribution is 7.89. The van der Waals surface area contributed by atoms with Gasteiger partial charge in [-0.2, -0.15) is 4.31 Å². The van der Waals surface area contributed by atoms with Gasteiger partial charge in [-0.05, 0) is 62.1 Å². The number of anilines is 1. The van der Waals surface area contributed by atoms with Crippen molar-refractivity contribution in [3.05, 3.63) is 83.7 Å². The van der Waals surface area contributed by atoms with Gasteiger partial charge in [0.25, 0.3) is 0 Å². The lowest BCUT2D eigenvalue weighted by atomic mass is 10.2. The summed E-state index contributed by atoms with van der Waals surface area (Å²) in [5.41, 5.74) is 3.71. The molecule has 0 bridgehead atoms. The minimum Gasteiger partial charge on any atom is -0.282 e. The molecule has 1 atom stereocenters. The number of para-hydroxylation sites is 1. The fraction of sp³-hybridized carbons (Fsp3) is 0.269. The van der Waals surface area contributed by atoms with Crippen molar-refractivity contribution in [3.8, 4) is 0 Å². The largest absolute Gasteiger partial charge is 0.282 e. The van der Waals surface area contributed by atoms with Crippen molar-refractivity contribution in [2.75, 3.05) is 11.4 Å². The first kappa shape index (κ1) is 23.6. The number of carbonyl (C=O) groups excluding carboxylic acids is 1. The van der Waals surface area contributed by atoms with Crippen molar-refractivity contribution >= 4 is 42.6 Å². The second-order valence-electron chi connectivity index (χ2n) is 8.79. The summed E-state index contributed by atoms with van der Waals surface area (Å²) in [6.45, 7) is 4.48. The Bertz CT molecular complexity index is 1470. The van der Waals surface area contributed by atoms with Crippen molar-refractivity contribution in [1.29, 1.82) is 0 Å². The average Bonchev–Trinajstić information content (AvgIpc) is 3.52. The fourth-order valence-electron chi connectivity index (χ4n) is 4.40. The van der Waals surface area contributed by atoms with Gasteiger partial charge in [0.15, 0.2) is 5.13 Å². The molecule has 35 heavy (non-hydrogen) atoms. The molecule has 1 amide bonds. The normalized spacial score (nSPS) is 16.6. The van der Waals surface area contributed by atoms with Crippen LogP contribution in [0.5, 0.6) is 0 Å². The number of fused-ring (bicyclic) bond motifs is 1. The van der Waals surface area contributed by atoms with Crippen LogP contribution in [0.2, 0.25) is 0 Å². The standard InChI is InChI=1S/C26H26N4O3S2/c1-18-10-12-21(13-11-18)35(32,33)30-15-5-8-22(30)25(31)29(17-20-7-4-14-27-16-20)26-28-24-19(2)6-3-9-23(24)34-26/h3-4,6-7,9-14,16,22H,5,8,15,17H2,1-2H3. The highest BCUT2D eigenvalue weighted by atomic mass is 32.2. The van der Waals surface area contributed by atoms with Crippen molar-refractivity contribution < 1.29 is 13.2 Å². The van der Waals surface area contributed by atoms with Crippen LogP contribution < -0.4 is 4.90 Å². The van der Waals surface area contributed by atoms with Gasteiger partial charge in [0.1, 0.15) is 6.04 Å². The summed E-state index contributed by atoms with van der Waals surface area (Å²) in [5, 5.41) is 0.558. The molecule has 1 fully saturated rings. The smallest absolute Gasteiger partial charge is 0.247 e. The SMILES string of the molecule is Cc1ccc(S(=O)(=O)N2CCCC2C(=O)N(Cc2cccnc2)c2nc3c(C)cccc3s2)cc1. The first-order valence-electron chi connectivity index (χ1n) is 11.5. The van der Waals surface area contributed by atoms with Crippen LogP contribution in [0.15, 0.2) is 71.9 Å². The minimum atomic E-state index is -3.81. The van der Waals surface area contributed by atoms with E-state index < -0.39 is 16.1 Å². The number of amides is 1. The molecule has 1 saturated heterocycles. The Morgan fingerprint density at radius 3 is 2.63 bits per heavy atom. The molecule has 180 valence electrons. The third kappa shape index (κ3) is 4.59. The molecule has 3 heterocycles. The number of carbonyl (C=O) groups is 1. The summed E-state index contributed by atoms with van der Waals surface area (Å²) in [6.07, 6.45) is 4.50. The van der Waals surface area contributed by atoms with E-state index in [0.29, 0.717) is 24.5 Å². The zero-order valence-corrected chi connectivity index (χ0v) is 21.2. The third-order valence-electron chi connectivity index (χ3n) is 6.29. The zero-order chi connectivity index (χ0) is 24.6. The lowest BCUT2D eigenvalue weighted by molar-refractivity contribution is -0.121. The number of pyridine rings is 1. The van der Waals surface area contributed by atoms with E-state index in [-0.39, 0.29) is 17.3 Å². The van der Waals surface area contributed by atoms with E-state index >= 15 is 0 Å². The Morgan fingerprint density at radius 2 is 1.91 bits per heavy atom.